The molecule has 1 amide bonds. The summed E-state index contributed by atoms with van der Waals surface area (Å²) >= 11 is 0. The molecule has 1 fully saturated rings. The highest BCUT2D eigenvalue weighted by atomic mass is 16.6. The number of benzene rings is 1. The van der Waals surface area contributed by atoms with E-state index in [-0.39, 0.29) is 42.3 Å². The Kier molecular flexibility index (Phi) is 12.3. The van der Waals surface area contributed by atoms with Crippen molar-refractivity contribution < 1.29 is 48.0 Å². The van der Waals surface area contributed by atoms with E-state index >= 15 is 0 Å². The molecule has 0 bridgehead atoms. The molecule has 2 N–H and O–H groups in total. The number of unbranched alkanes of at least 4 members (excludes halogenated alkanes) is 1. The first-order valence-corrected chi connectivity index (χ1v) is 13.9. The van der Waals surface area contributed by atoms with Crippen molar-refractivity contribution in [3.8, 4) is 5.75 Å². The van der Waals surface area contributed by atoms with Crippen LogP contribution >= 0.6 is 0 Å². The molecule has 1 aromatic rings. The van der Waals surface area contributed by atoms with E-state index in [0.29, 0.717) is 24.9 Å². The Morgan fingerprint density at radius 2 is 1.61 bits per heavy atom. The van der Waals surface area contributed by atoms with Gasteiger partial charge in [-0.15, -0.1) is 0 Å². The molecule has 1 aliphatic rings. The first kappa shape index (κ1) is 33.7. The summed E-state index contributed by atoms with van der Waals surface area (Å²) in [5.74, 6) is -2.36. The van der Waals surface area contributed by atoms with Crippen LogP contribution in [-0.4, -0.2) is 65.2 Å². The Morgan fingerprint density at radius 1 is 0.976 bits per heavy atom. The molecule has 228 valence electrons. The summed E-state index contributed by atoms with van der Waals surface area (Å²) in [6, 6.07) is 4.69. The van der Waals surface area contributed by atoms with E-state index in [9.17, 15) is 29.1 Å². The van der Waals surface area contributed by atoms with Gasteiger partial charge in [-0.25, -0.2) is 4.79 Å². The van der Waals surface area contributed by atoms with Crippen LogP contribution in [0.2, 0.25) is 0 Å². The number of rotatable bonds is 12. The topological polar surface area (TPSA) is 155 Å². The molecule has 1 saturated carbocycles. The summed E-state index contributed by atoms with van der Waals surface area (Å²) in [6.07, 6.45) is -2.05. The van der Waals surface area contributed by atoms with Crippen molar-refractivity contribution in [3.63, 3.8) is 0 Å². The van der Waals surface area contributed by atoms with E-state index in [1.54, 1.807) is 39.8 Å². The SMILES string of the molecule is CC(=O)O[C@@H]1[C@@H](OC(C)=O)[C@H](C)[C@@H](C(C)=O)C[C@H]1Oc1ccc(CO)cc1C(=O)CCCCNC(=O)OC(C)(C)C. The summed E-state index contributed by atoms with van der Waals surface area (Å²) in [6.45, 7) is 11.0. The number of ketones is 2. The van der Waals surface area contributed by atoms with E-state index in [1.807, 2.05) is 0 Å². The van der Waals surface area contributed by atoms with E-state index in [4.69, 9.17) is 18.9 Å². The molecule has 0 aliphatic heterocycles. The second-order valence-corrected chi connectivity index (χ2v) is 11.4. The molecule has 1 aromatic carbocycles. The van der Waals surface area contributed by atoms with Crippen molar-refractivity contribution in [1.29, 1.82) is 0 Å². The van der Waals surface area contributed by atoms with Gasteiger partial charge in [0, 0.05) is 38.6 Å². The maximum Gasteiger partial charge on any atom is 0.407 e. The van der Waals surface area contributed by atoms with Gasteiger partial charge < -0.3 is 29.4 Å². The van der Waals surface area contributed by atoms with Crippen molar-refractivity contribution in [1.82, 2.24) is 5.32 Å². The minimum absolute atomic E-state index is 0.128. The van der Waals surface area contributed by atoms with Crippen molar-refractivity contribution >= 4 is 29.6 Å². The Bertz CT molecular complexity index is 1110. The molecule has 0 spiro atoms. The number of hydrogen-bond acceptors (Lipinski definition) is 10. The minimum atomic E-state index is -1.01. The van der Waals surface area contributed by atoms with Crippen LogP contribution in [0.1, 0.15) is 90.1 Å². The third-order valence-corrected chi connectivity index (χ3v) is 6.76. The maximum absolute atomic E-state index is 13.3. The number of amides is 1. The molecular weight excluding hydrogens is 534 g/mol. The standard InChI is InChI=1S/C30H43NO10/c1-17-22(18(2)33)15-26(28(39-20(4)35)27(17)38-19(3)34)40-25-12-11-21(16-32)14-23(25)24(36)10-8-9-13-31-29(37)41-30(5,6)7/h11-12,14,17,22,26-28,32H,8-10,13,15-16H2,1-7H3,(H,31,37)/t17-,22+,26-,27+,28+/m1/s1. The highest BCUT2D eigenvalue weighted by Crippen LogP contribution is 2.38. The summed E-state index contributed by atoms with van der Waals surface area (Å²) in [5, 5.41) is 12.3. The van der Waals surface area contributed by atoms with Crippen LogP contribution in [0, 0.1) is 11.8 Å². The molecule has 11 heteroatoms. The van der Waals surface area contributed by atoms with Crippen molar-refractivity contribution in [2.24, 2.45) is 11.8 Å². The zero-order valence-electron chi connectivity index (χ0n) is 25.0. The fraction of sp³-hybridized carbons (Fsp3) is 0.633. The first-order chi connectivity index (χ1) is 19.1. The molecule has 5 atom stereocenters. The Balaban J connectivity index is 2.24. The molecular formula is C30H43NO10. The van der Waals surface area contributed by atoms with Crippen LogP contribution in [0.5, 0.6) is 5.75 Å². The highest BCUT2D eigenvalue weighted by molar-refractivity contribution is 5.98. The lowest BCUT2D eigenvalue weighted by atomic mass is 9.73. The van der Waals surface area contributed by atoms with E-state index < -0.39 is 53.8 Å². The number of aliphatic hydroxyl groups excluding tert-OH is 1. The molecule has 0 heterocycles. The van der Waals surface area contributed by atoms with Crippen LogP contribution in [0.15, 0.2) is 18.2 Å². The molecule has 41 heavy (non-hydrogen) atoms. The molecule has 0 saturated heterocycles. The van der Waals surface area contributed by atoms with Gasteiger partial charge in [0.1, 0.15) is 29.3 Å². The van der Waals surface area contributed by atoms with Crippen LogP contribution in [0.3, 0.4) is 0 Å². The molecule has 2 rings (SSSR count). The van der Waals surface area contributed by atoms with Gasteiger partial charge >= 0.3 is 18.0 Å². The quantitative estimate of drug-likeness (QED) is 0.162. The number of hydrogen-bond donors (Lipinski definition) is 2. The predicted octanol–water partition coefficient (Wildman–Crippen LogP) is 3.91. The van der Waals surface area contributed by atoms with E-state index in [0.717, 1.165) is 0 Å². The van der Waals surface area contributed by atoms with E-state index in [2.05, 4.69) is 5.32 Å². The lowest BCUT2D eigenvalue weighted by Crippen LogP contribution is -2.56. The van der Waals surface area contributed by atoms with Gasteiger partial charge in [0.05, 0.1) is 12.2 Å². The van der Waals surface area contributed by atoms with Crippen LogP contribution in [-0.2, 0) is 35.2 Å². The van der Waals surface area contributed by atoms with Gasteiger partial charge in [-0.05, 0) is 64.7 Å². The summed E-state index contributed by atoms with van der Waals surface area (Å²) < 4.78 is 22.5. The lowest BCUT2D eigenvalue weighted by molar-refractivity contribution is -0.190. The molecule has 11 nitrogen and oxygen atoms in total. The van der Waals surface area contributed by atoms with E-state index in [1.165, 1.54) is 26.8 Å². The molecule has 0 aromatic heterocycles. The largest absolute Gasteiger partial charge is 0.486 e. The fourth-order valence-corrected chi connectivity index (χ4v) is 4.90. The number of nitrogens with one attached hydrogen (secondary N) is 1. The third kappa shape index (κ3) is 10.5. The summed E-state index contributed by atoms with van der Waals surface area (Å²) in [7, 11) is 0. The van der Waals surface area contributed by atoms with Crippen LogP contribution in [0.25, 0.3) is 0 Å². The van der Waals surface area contributed by atoms with Gasteiger partial charge in [-0.1, -0.05) is 13.0 Å². The number of carbonyl (C=O) groups is 5. The van der Waals surface area contributed by atoms with Gasteiger partial charge in [0.15, 0.2) is 11.9 Å². The zero-order valence-corrected chi connectivity index (χ0v) is 25.0. The maximum atomic E-state index is 13.3. The summed E-state index contributed by atoms with van der Waals surface area (Å²) in [5.41, 5.74) is 0.113. The number of Topliss-reactive ketones (excluding diaryl/α,β-unsaturated/α-hetero) is 2. The van der Waals surface area contributed by atoms with Crippen LogP contribution in [0.4, 0.5) is 4.79 Å². The van der Waals surface area contributed by atoms with Crippen molar-refractivity contribution in [2.75, 3.05) is 6.54 Å². The number of esters is 2. The molecule has 0 unspecified atom stereocenters. The zero-order chi connectivity index (χ0) is 30.9. The van der Waals surface area contributed by atoms with Crippen molar-refractivity contribution in [2.45, 2.75) is 105 Å². The smallest absolute Gasteiger partial charge is 0.407 e. The molecule has 1 aliphatic carbocycles. The average molecular weight is 578 g/mol. The third-order valence-electron chi connectivity index (χ3n) is 6.76. The monoisotopic (exact) mass is 577 g/mol. The summed E-state index contributed by atoms with van der Waals surface area (Å²) in [4.78, 5) is 61.5. The first-order valence-electron chi connectivity index (χ1n) is 13.9. The minimum Gasteiger partial charge on any atom is -0.486 e. The Hall–Kier alpha value is -3.47. The van der Waals surface area contributed by atoms with Crippen LogP contribution < -0.4 is 10.1 Å². The highest BCUT2D eigenvalue weighted by Gasteiger charge is 2.49. The Morgan fingerprint density at radius 3 is 2.17 bits per heavy atom. The number of ether oxygens (including phenoxy) is 4. The second-order valence-electron chi connectivity index (χ2n) is 11.4. The number of carbonyl (C=O) groups excluding carboxylic acids is 5. The van der Waals surface area contributed by atoms with Crippen molar-refractivity contribution in [3.05, 3.63) is 29.3 Å². The van der Waals surface area contributed by atoms with Gasteiger partial charge in [0.25, 0.3) is 0 Å². The number of alkyl carbamates (subject to hydrolysis) is 1. The normalized spacial score (nSPS) is 22.3. The molecule has 0 radical (unpaired) electrons. The van der Waals surface area contributed by atoms with Gasteiger partial charge in [0.2, 0.25) is 0 Å². The Labute approximate surface area is 241 Å². The second kappa shape index (κ2) is 15.0. The van der Waals surface area contributed by atoms with Gasteiger partial charge in [-0.2, -0.15) is 0 Å². The lowest BCUT2D eigenvalue weighted by Gasteiger charge is -2.43. The van der Waals surface area contributed by atoms with Gasteiger partial charge in [-0.3, -0.25) is 19.2 Å². The average Bonchev–Trinajstić information content (AvgIpc) is 2.85. The fourth-order valence-electron chi connectivity index (χ4n) is 4.90. The number of aliphatic hydroxyl groups is 1. The predicted molar refractivity (Wildman–Crippen MR) is 148 cm³/mol.